The zero-order valence-corrected chi connectivity index (χ0v) is 16.9. The summed E-state index contributed by atoms with van der Waals surface area (Å²) in [6, 6.07) is 13.7. The number of hydrogen-bond donors (Lipinski definition) is 2. The van der Waals surface area contributed by atoms with Gasteiger partial charge in [-0.25, -0.2) is 5.43 Å². The van der Waals surface area contributed by atoms with E-state index in [0.717, 1.165) is 11.3 Å². The van der Waals surface area contributed by atoms with E-state index in [0.29, 0.717) is 23.0 Å². The summed E-state index contributed by atoms with van der Waals surface area (Å²) in [4.78, 5) is 38.2. The molecule has 1 aliphatic rings. The Bertz CT molecular complexity index is 885. The summed E-state index contributed by atoms with van der Waals surface area (Å²) in [5.74, 6) is -0.233. The van der Waals surface area contributed by atoms with Crippen molar-refractivity contribution in [1.82, 2.24) is 15.8 Å². The fraction of sp³-hybridized carbons (Fsp3) is 0.250. The number of carbonyl (C=O) groups excluding carboxylic acids is 3. The van der Waals surface area contributed by atoms with Crippen LogP contribution >= 0.6 is 15.9 Å². The highest BCUT2D eigenvalue weighted by atomic mass is 79.9. The predicted molar refractivity (Wildman–Crippen MR) is 107 cm³/mol. The first-order valence-electron chi connectivity index (χ1n) is 8.77. The molecule has 0 aliphatic carbocycles. The summed E-state index contributed by atoms with van der Waals surface area (Å²) in [5, 5.41) is 0. The van der Waals surface area contributed by atoms with Crippen molar-refractivity contribution >= 4 is 33.7 Å². The van der Waals surface area contributed by atoms with Crippen LogP contribution in [0.5, 0.6) is 5.75 Å². The fourth-order valence-electron chi connectivity index (χ4n) is 2.93. The van der Waals surface area contributed by atoms with Crippen molar-refractivity contribution < 1.29 is 19.1 Å². The van der Waals surface area contributed by atoms with Crippen LogP contribution in [0, 0.1) is 0 Å². The van der Waals surface area contributed by atoms with E-state index in [-0.39, 0.29) is 24.1 Å². The molecule has 1 saturated heterocycles. The molecule has 0 bridgehead atoms. The van der Waals surface area contributed by atoms with Crippen LogP contribution in [0.3, 0.4) is 0 Å². The SMILES string of the molecule is COc1ccc(CCN2C(=O)C[C@H](NNC(=O)c3ccccc3Br)C2=O)cc1. The van der Waals surface area contributed by atoms with Gasteiger partial charge >= 0.3 is 0 Å². The average molecular weight is 446 g/mol. The molecular weight excluding hydrogens is 426 g/mol. The van der Waals surface area contributed by atoms with Gasteiger partial charge in [-0.05, 0) is 52.2 Å². The number of rotatable bonds is 7. The molecule has 0 radical (unpaired) electrons. The minimum absolute atomic E-state index is 0.0116. The third-order valence-corrected chi connectivity index (χ3v) is 5.20. The van der Waals surface area contributed by atoms with Gasteiger partial charge in [0.15, 0.2) is 0 Å². The van der Waals surface area contributed by atoms with Crippen molar-refractivity contribution in [1.29, 1.82) is 0 Å². The topological polar surface area (TPSA) is 87.7 Å². The number of nitrogens with one attached hydrogen (secondary N) is 2. The third-order valence-electron chi connectivity index (χ3n) is 4.51. The number of likely N-dealkylation sites (tertiary alicyclic amines) is 1. The molecule has 0 unspecified atom stereocenters. The van der Waals surface area contributed by atoms with E-state index >= 15 is 0 Å². The first-order chi connectivity index (χ1) is 13.5. The fourth-order valence-corrected chi connectivity index (χ4v) is 3.39. The Morgan fingerprint density at radius 1 is 1.18 bits per heavy atom. The van der Waals surface area contributed by atoms with Crippen LogP contribution in [-0.2, 0) is 16.0 Å². The van der Waals surface area contributed by atoms with Crippen LogP contribution in [0.1, 0.15) is 22.3 Å². The molecule has 1 aliphatic heterocycles. The molecule has 1 atom stereocenters. The van der Waals surface area contributed by atoms with E-state index in [4.69, 9.17) is 4.74 Å². The Morgan fingerprint density at radius 3 is 2.57 bits per heavy atom. The first kappa shape index (κ1) is 20.0. The van der Waals surface area contributed by atoms with Gasteiger partial charge < -0.3 is 4.74 Å². The molecule has 3 amide bonds. The summed E-state index contributed by atoms with van der Waals surface area (Å²) in [6.07, 6.45) is 0.565. The summed E-state index contributed by atoms with van der Waals surface area (Å²) < 4.78 is 5.76. The first-order valence-corrected chi connectivity index (χ1v) is 9.56. The Kier molecular flexibility index (Phi) is 6.43. The number of ether oxygens (including phenoxy) is 1. The third kappa shape index (κ3) is 4.58. The smallest absolute Gasteiger partial charge is 0.266 e. The molecule has 7 nitrogen and oxygen atoms in total. The van der Waals surface area contributed by atoms with Gasteiger partial charge in [0.2, 0.25) is 11.8 Å². The number of halogens is 1. The number of hydrazine groups is 1. The minimum Gasteiger partial charge on any atom is -0.497 e. The molecule has 8 heteroatoms. The molecular formula is C20H20BrN3O4. The molecule has 2 aromatic rings. The van der Waals surface area contributed by atoms with Crippen LogP contribution in [-0.4, -0.2) is 42.3 Å². The second-order valence-electron chi connectivity index (χ2n) is 6.32. The predicted octanol–water partition coefficient (Wildman–Crippen LogP) is 2.06. The van der Waals surface area contributed by atoms with Gasteiger partial charge in [-0.3, -0.25) is 24.7 Å². The largest absolute Gasteiger partial charge is 0.497 e. The molecule has 28 heavy (non-hydrogen) atoms. The number of benzene rings is 2. The lowest BCUT2D eigenvalue weighted by molar-refractivity contribution is -0.138. The number of carbonyl (C=O) groups is 3. The van der Waals surface area contributed by atoms with Crippen LogP contribution < -0.4 is 15.6 Å². The summed E-state index contributed by atoms with van der Waals surface area (Å²) in [7, 11) is 1.60. The number of amides is 3. The molecule has 1 heterocycles. The highest BCUT2D eigenvalue weighted by molar-refractivity contribution is 9.10. The molecule has 0 aromatic heterocycles. The van der Waals surface area contributed by atoms with Crippen molar-refractivity contribution in [2.24, 2.45) is 0 Å². The maximum absolute atomic E-state index is 12.5. The Morgan fingerprint density at radius 2 is 1.89 bits per heavy atom. The van der Waals surface area contributed by atoms with Crippen molar-refractivity contribution in [3.05, 3.63) is 64.1 Å². The van der Waals surface area contributed by atoms with Gasteiger partial charge in [-0.15, -0.1) is 0 Å². The molecule has 0 saturated carbocycles. The van der Waals surface area contributed by atoms with E-state index in [9.17, 15) is 14.4 Å². The van der Waals surface area contributed by atoms with Gasteiger partial charge in [0.1, 0.15) is 11.8 Å². The second kappa shape index (κ2) is 8.99. The highest BCUT2D eigenvalue weighted by Gasteiger charge is 2.38. The van der Waals surface area contributed by atoms with Crippen LogP contribution in [0.4, 0.5) is 0 Å². The van der Waals surface area contributed by atoms with Crippen LogP contribution in [0.25, 0.3) is 0 Å². The molecule has 146 valence electrons. The summed E-state index contributed by atoms with van der Waals surface area (Å²) in [6.45, 7) is 0.292. The van der Waals surface area contributed by atoms with Crippen molar-refractivity contribution in [3.8, 4) is 5.75 Å². The average Bonchev–Trinajstić information content (AvgIpc) is 2.98. The molecule has 2 aromatic carbocycles. The Hall–Kier alpha value is -2.71. The van der Waals surface area contributed by atoms with Gasteiger partial charge in [0.25, 0.3) is 5.91 Å². The van der Waals surface area contributed by atoms with Gasteiger partial charge in [-0.1, -0.05) is 24.3 Å². The molecule has 3 rings (SSSR count). The summed E-state index contributed by atoms with van der Waals surface area (Å²) >= 11 is 3.31. The van der Waals surface area contributed by atoms with E-state index < -0.39 is 6.04 Å². The van der Waals surface area contributed by atoms with E-state index in [2.05, 4.69) is 26.8 Å². The number of nitrogens with zero attached hydrogens (tertiary/aromatic N) is 1. The standard InChI is InChI=1S/C20H20BrN3O4/c1-28-14-8-6-13(7-9-14)10-11-24-18(25)12-17(20(24)27)22-23-19(26)15-4-2-3-5-16(15)21/h2-9,17,22H,10-12H2,1H3,(H,23,26)/t17-/m0/s1. The normalized spacial score (nSPS) is 16.4. The lowest BCUT2D eigenvalue weighted by Crippen LogP contribution is -2.48. The Balaban J connectivity index is 1.54. The lowest BCUT2D eigenvalue weighted by atomic mass is 10.1. The molecule has 0 spiro atoms. The van der Waals surface area contributed by atoms with Crippen molar-refractivity contribution in [3.63, 3.8) is 0 Å². The van der Waals surface area contributed by atoms with E-state index in [1.807, 2.05) is 24.3 Å². The zero-order chi connectivity index (χ0) is 20.1. The Labute approximate surface area is 171 Å². The summed E-state index contributed by atoms with van der Waals surface area (Å²) in [5.41, 5.74) is 6.62. The monoisotopic (exact) mass is 445 g/mol. The van der Waals surface area contributed by atoms with Crippen molar-refractivity contribution in [2.45, 2.75) is 18.9 Å². The lowest BCUT2D eigenvalue weighted by Gasteiger charge is -2.16. The molecule has 2 N–H and O–H groups in total. The minimum atomic E-state index is -0.769. The second-order valence-corrected chi connectivity index (χ2v) is 7.17. The van der Waals surface area contributed by atoms with Gasteiger partial charge in [0.05, 0.1) is 19.1 Å². The quantitative estimate of drug-likeness (QED) is 0.502. The number of imide groups is 1. The maximum atomic E-state index is 12.5. The van der Waals surface area contributed by atoms with E-state index in [1.54, 1.807) is 31.4 Å². The van der Waals surface area contributed by atoms with Crippen molar-refractivity contribution in [2.75, 3.05) is 13.7 Å². The van der Waals surface area contributed by atoms with Gasteiger partial charge in [0, 0.05) is 11.0 Å². The highest BCUT2D eigenvalue weighted by Crippen LogP contribution is 2.17. The maximum Gasteiger partial charge on any atom is 0.266 e. The number of hydrogen-bond acceptors (Lipinski definition) is 5. The van der Waals surface area contributed by atoms with Crippen LogP contribution in [0.15, 0.2) is 53.0 Å². The zero-order valence-electron chi connectivity index (χ0n) is 15.3. The van der Waals surface area contributed by atoms with Crippen LogP contribution in [0.2, 0.25) is 0 Å². The van der Waals surface area contributed by atoms with Gasteiger partial charge in [-0.2, -0.15) is 0 Å². The van der Waals surface area contributed by atoms with E-state index in [1.165, 1.54) is 4.90 Å². The molecule has 1 fully saturated rings. The number of methoxy groups -OCH3 is 1.